The summed E-state index contributed by atoms with van der Waals surface area (Å²) in [6.45, 7) is 0.404. The van der Waals surface area contributed by atoms with E-state index in [2.05, 4.69) is 16.5 Å². The molecule has 0 bridgehead atoms. The van der Waals surface area contributed by atoms with E-state index in [0.717, 1.165) is 16.0 Å². The van der Waals surface area contributed by atoms with E-state index in [1.807, 2.05) is 17.1 Å². The molecule has 0 unspecified atom stereocenters. The van der Waals surface area contributed by atoms with E-state index < -0.39 is 0 Å². The van der Waals surface area contributed by atoms with Crippen molar-refractivity contribution in [1.82, 2.24) is 5.01 Å². The lowest BCUT2D eigenvalue weighted by molar-refractivity contribution is -0.485. The van der Waals surface area contributed by atoms with Crippen molar-refractivity contribution in [3.8, 4) is 0 Å². The number of allylic oxidation sites excluding steroid dienone is 2. The van der Waals surface area contributed by atoms with E-state index in [1.54, 1.807) is 24.0 Å². The van der Waals surface area contributed by atoms with Gasteiger partial charge in [0.05, 0.1) is 30.1 Å². The van der Waals surface area contributed by atoms with Crippen molar-refractivity contribution in [2.75, 3.05) is 32.3 Å². The van der Waals surface area contributed by atoms with Crippen LogP contribution < -0.4 is 0 Å². The van der Waals surface area contributed by atoms with Crippen LogP contribution in [0.4, 0.5) is 0 Å². The average Bonchev–Trinajstić information content (AvgIpc) is 2.70. The van der Waals surface area contributed by atoms with Gasteiger partial charge in [0.25, 0.3) is 0 Å². The number of hydrazone groups is 1. The molecule has 0 saturated heterocycles. The van der Waals surface area contributed by atoms with Crippen LogP contribution in [0, 0.1) is 0 Å². The van der Waals surface area contributed by atoms with Gasteiger partial charge in [-0.25, -0.2) is 0 Å². The quantitative estimate of drug-likeness (QED) is 0.314. The highest BCUT2D eigenvalue weighted by Gasteiger charge is 2.20. The monoisotopic (exact) mass is 388 g/mol. The van der Waals surface area contributed by atoms with Gasteiger partial charge in [-0.05, 0) is 4.01 Å². The molecule has 0 saturated carbocycles. The van der Waals surface area contributed by atoms with E-state index in [9.17, 15) is 0 Å². The standard InChI is InChI=1S/C12H15IN5O2/c1-17-12(8-19-2)15-18(16-17)10-4-11(20-3)9(7-14)5-13-6-10/h4-5H,6,8H2,1-3H3/q-1. The zero-order valence-corrected chi connectivity index (χ0v) is 13.7. The second-order valence-electron chi connectivity index (χ2n) is 3.98. The predicted octanol–water partition coefficient (Wildman–Crippen LogP) is 1.03. The minimum atomic E-state index is -0.263. The van der Waals surface area contributed by atoms with Gasteiger partial charge in [-0.3, -0.25) is 5.87 Å². The minimum absolute atomic E-state index is 0.263. The molecule has 8 heteroatoms. The third-order valence-corrected chi connectivity index (χ3v) is 4.92. The van der Waals surface area contributed by atoms with Gasteiger partial charge in [-0.2, -0.15) is 5.10 Å². The summed E-state index contributed by atoms with van der Waals surface area (Å²) in [5.74, 6) is 3.46. The fourth-order valence-corrected chi connectivity index (χ4v) is 3.70. The van der Waals surface area contributed by atoms with Crippen LogP contribution in [0.15, 0.2) is 22.5 Å². The summed E-state index contributed by atoms with van der Waals surface area (Å²) < 4.78 is 13.2. The number of halogens is 1. The first kappa shape index (κ1) is 14.9. The Hall–Kier alpha value is -1.51. The smallest absolute Gasteiger partial charge is 0.217 e. The lowest BCUT2D eigenvalue weighted by Crippen LogP contribution is -2.22. The number of methoxy groups -OCH3 is 2. The number of ether oxygens (including phenoxy) is 2. The Morgan fingerprint density at radius 1 is 1.60 bits per heavy atom. The summed E-state index contributed by atoms with van der Waals surface area (Å²) >= 11 is -0.263. The number of hydrogen-bond acceptors (Lipinski definition) is 4. The molecule has 0 N–H and O–H groups in total. The van der Waals surface area contributed by atoms with Crippen LogP contribution in [-0.4, -0.2) is 63.5 Å². The number of rotatable bonds is 3. The molecule has 0 spiro atoms. The van der Waals surface area contributed by atoms with Gasteiger partial charge in [0.1, 0.15) is 5.76 Å². The third kappa shape index (κ3) is 3.14. The first-order chi connectivity index (χ1) is 9.69. The molecule has 0 fully saturated rings. The molecule has 0 aromatic rings. The van der Waals surface area contributed by atoms with E-state index in [1.165, 1.54) is 0 Å². The maximum Gasteiger partial charge on any atom is 0.217 e. The molecule has 2 aliphatic rings. The van der Waals surface area contributed by atoms with Crippen molar-refractivity contribution in [2.45, 2.75) is 0 Å². The van der Waals surface area contributed by atoms with Gasteiger partial charge in [0.15, 0.2) is 0 Å². The first-order valence-corrected chi connectivity index (χ1v) is 8.58. The molecule has 0 aliphatic carbocycles. The number of nitrogens with zero attached hydrogens (tertiary/aromatic N) is 5. The highest BCUT2D eigenvalue weighted by Crippen LogP contribution is 2.18. The fraction of sp³-hybridized carbons (Fsp3) is 0.417. The molecule has 2 rings (SSSR count). The molecule has 0 aromatic carbocycles. The normalized spacial score (nSPS) is 22.4. The Morgan fingerprint density at radius 2 is 2.40 bits per heavy atom. The van der Waals surface area contributed by atoms with Gasteiger partial charge >= 0.3 is 0 Å². The van der Waals surface area contributed by atoms with Crippen LogP contribution in [0.1, 0.15) is 0 Å². The second kappa shape index (κ2) is 6.78. The summed E-state index contributed by atoms with van der Waals surface area (Å²) in [5.41, 5.74) is 5.84. The Bertz CT molecular complexity index is 572. The van der Waals surface area contributed by atoms with E-state index in [-0.39, 0.29) is 20.7 Å². The molecule has 108 valence electrons. The molecule has 2 aliphatic heterocycles. The van der Waals surface area contributed by atoms with Gasteiger partial charge in [0.2, 0.25) is 5.71 Å². The topological polar surface area (TPSA) is 73.5 Å². The van der Waals surface area contributed by atoms with Crippen LogP contribution in [0.25, 0.3) is 10.9 Å². The van der Waals surface area contributed by atoms with Crippen molar-refractivity contribution in [3.63, 3.8) is 0 Å². The second-order valence-corrected chi connectivity index (χ2v) is 6.24. The Kier molecular flexibility index (Phi) is 5.05. The molecular weight excluding hydrogens is 373 g/mol. The van der Waals surface area contributed by atoms with Crippen LogP contribution in [0.3, 0.4) is 0 Å². The number of likely N-dealkylation sites (N-methyl/N-ethyl adjacent to an activating group) is 1. The first-order valence-electron chi connectivity index (χ1n) is 5.81. The van der Waals surface area contributed by atoms with Crippen molar-refractivity contribution in [3.05, 3.63) is 28.4 Å². The Balaban J connectivity index is 2.40. The summed E-state index contributed by atoms with van der Waals surface area (Å²) in [6, 6.07) is 0. The average molecular weight is 388 g/mol. The minimum Gasteiger partial charge on any atom is -0.763 e. The van der Waals surface area contributed by atoms with Crippen molar-refractivity contribution >= 4 is 42.2 Å². The molecule has 0 aromatic heterocycles. The van der Waals surface area contributed by atoms with Crippen LogP contribution in [0.5, 0.6) is 0 Å². The highest BCUT2D eigenvalue weighted by molar-refractivity contribution is 14.2. The van der Waals surface area contributed by atoms with Gasteiger partial charge in [0, 0.05) is 19.7 Å². The van der Waals surface area contributed by atoms with Crippen LogP contribution >= 0.6 is 20.7 Å². The maximum atomic E-state index is 9.10. The molecule has 0 atom stereocenters. The van der Waals surface area contributed by atoms with Crippen LogP contribution in [0.2, 0.25) is 0 Å². The zero-order chi connectivity index (χ0) is 14.5. The fourth-order valence-electron chi connectivity index (χ4n) is 1.62. The predicted molar refractivity (Wildman–Crippen MR) is 87.6 cm³/mol. The lowest BCUT2D eigenvalue weighted by atomic mass is 10.2. The van der Waals surface area contributed by atoms with Crippen LogP contribution in [-0.2, 0) is 9.47 Å². The summed E-state index contributed by atoms with van der Waals surface area (Å²) in [4.78, 5) is 1.58. The summed E-state index contributed by atoms with van der Waals surface area (Å²) in [6.07, 6.45) is 1.83. The molecule has 0 radical (unpaired) electrons. The largest absolute Gasteiger partial charge is 0.763 e. The Morgan fingerprint density at radius 3 is 3.05 bits per heavy atom. The maximum absolute atomic E-state index is 9.10. The van der Waals surface area contributed by atoms with E-state index >= 15 is 0 Å². The molecule has 2 heterocycles. The highest BCUT2D eigenvalue weighted by atomic mass is 127. The zero-order valence-electron chi connectivity index (χ0n) is 11.5. The van der Waals surface area contributed by atoms with Gasteiger partial charge in [-0.15, -0.1) is 31.1 Å². The molecule has 20 heavy (non-hydrogen) atoms. The van der Waals surface area contributed by atoms with Crippen molar-refractivity contribution < 1.29 is 14.3 Å². The number of amidine groups is 1. The van der Waals surface area contributed by atoms with Crippen molar-refractivity contribution in [2.24, 2.45) is 5.10 Å². The summed E-state index contributed by atoms with van der Waals surface area (Å²) in [5, 5.41) is 15.2. The number of hydrogen-bond donors (Lipinski definition) is 0. The summed E-state index contributed by atoms with van der Waals surface area (Å²) in [7, 11) is 5.00. The SMILES string of the molecule is COCC1=N[N+](=C2C=C(OC)C(=C=[N-])C=IC2)[N-]N1C. The Labute approximate surface area is 127 Å². The molecular formula is C12H15IN5O2-. The third-order valence-electron chi connectivity index (χ3n) is 2.64. The van der Waals surface area contributed by atoms with Gasteiger partial charge in [-0.1, -0.05) is 0 Å². The lowest BCUT2D eigenvalue weighted by Gasteiger charge is -2.13. The molecule has 0 amide bonds. The van der Waals surface area contributed by atoms with Crippen molar-refractivity contribution in [1.29, 1.82) is 0 Å². The van der Waals surface area contributed by atoms with Gasteiger partial charge < -0.3 is 19.9 Å². The van der Waals surface area contributed by atoms with E-state index in [0.29, 0.717) is 17.9 Å². The number of alkyl halides is 1. The van der Waals surface area contributed by atoms with E-state index in [4.69, 9.17) is 14.9 Å². The molecule has 7 nitrogen and oxygen atoms in total.